The molecule has 0 atom stereocenters. The molecular weight excluding hydrogens is 552 g/mol. The van der Waals surface area contributed by atoms with Crippen LogP contribution in [0.3, 0.4) is 0 Å². The number of carbonyl (C=O) groups excluding carboxylic acids is 1. The molecule has 8 heteroatoms. The largest absolute Gasteiger partial charge is 0.512 e. The Morgan fingerprint density at radius 2 is 1.93 bits per heavy atom. The summed E-state index contributed by atoms with van der Waals surface area (Å²) in [5, 5.41) is 11.4. The van der Waals surface area contributed by atoms with Gasteiger partial charge in [-0.15, -0.1) is 29.3 Å². The molecule has 2 rings (SSSR count). The summed E-state index contributed by atoms with van der Waals surface area (Å²) in [6.45, 7) is 5.11. The van der Waals surface area contributed by atoms with Crippen LogP contribution < -0.4 is 5.32 Å². The summed E-state index contributed by atoms with van der Waals surface area (Å²) in [5.74, 6) is -0.0625. The molecule has 0 radical (unpaired) electrons. The minimum absolute atomic E-state index is 0. The second kappa shape index (κ2) is 11.8. The number of pyridine rings is 1. The zero-order valence-electron chi connectivity index (χ0n) is 15.9. The molecular formula is C20H22F3N2O2Pt-. The summed E-state index contributed by atoms with van der Waals surface area (Å²) in [7, 11) is 1.81. The number of benzene rings is 1. The van der Waals surface area contributed by atoms with Crippen molar-refractivity contribution in [2.24, 2.45) is 0 Å². The van der Waals surface area contributed by atoms with E-state index in [0.29, 0.717) is 23.4 Å². The second-order valence-corrected chi connectivity index (χ2v) is 5.96. The van der Waals surface area contributed by atoms with Crippen LogP contribution in [0.15, 0.2) is 42.3 Å². The van der Waals surface area contributed by atoms with E-state index in [1.165, 1.54) is 19.9 Å². The van der Waals surface area contributed by atoms with Gasteiger partial charge < -0.3 is 15.4 Å². The Morgan fingerprint density at radius 1 is 1.29 bits per heavy atom. The van der Waals surface area contributed by atoms with Gasteiger partial charge in [-0.25, -0.2) is 0 Å². The van der Waals surface area contributed by atoms with Gasteiger partial charge in [-0.2, -0.15) is 13.2 Å². The Labute approximate surface area is 177 Å². The van der Waals surface area contributed by atoms with E-state index in [1.807, 2.05) is 6.07 Å². The number of nitrogens with one attached hydrogen (secondary N) is 1. The molecule has 0 fully saturated rings. The molecule has 2 N–H and O–H groups in total. The van der Waals surface area contributed by atoms with E-state index in [0.717, 1.165) is 11.6 Å². The van der Waals surface area contributed by atoms with Crippen LogP contribution in [0.25, 0.3) is 11.3 Å². The van der Waals surface area contributed by atoms with Gasteiger partial charge in [0, 0.05) is 39.9 Å². The fraction of sp³-hybridized carbons (Fsp3) is 0.300. The summed E-state index contributed by atoms with van der Waals surface area (Å²) in [4.78, 5) is 14.1. The molecule has 0 aliphatic heterocycles. The number of nitrogens with zero attached hydrogens (tertiary/aromatic N) is 1. The Kier molecular flexibility index (Phi) is 10.9. The summed E-state index contributed by atoms with van der Waals surface area (Å²) >= 11 is 0. The number of alkyl halides is 3. The topological polar surface area (TPSA) is 62.2 Å². The van der Waals surface area contributed by atoms with E-state index in [9.17, 15) is 18.0 Å². The van der Waals surface area contributed by atoms with E-state index < -0.39 is 11.7 Å². The van der Waals surface area contributed by atoms with Gasteiger partial charge in [0.1, 0.15) is 0 Å². The molecule has 0 aliphatic carbocycles. The van der Waals surface area contributed by atoms with Crippen molar-refractivity contribution in [3.8, 4) is 11.3 Å². The summed E-state index contributed by atoms with van der Waals surface area (Å²) in [6, 6.07) is 8.73. The first-order valence-electron chi connectivity index (χ1n) is 8.11. The molecule has 156 valence electrons. The van der Waals surface area contributed by atoms with Gasteiger partial charge in [-0.1, -0.05) is 13.0 Å². The average molecular weight is 574 g/mol. The molecule has 28 heavy (non-hydrogen) atoms. The maximum Gasteiger partial charge on any atom is 0.399 e. The van der Waals surface area contributed by atoms with Gasteiger partial charge >= 0.3 is 6.18 Å². The van der Waals surface area contributed by atoms with E-state index in [1.54, 1.807) is 32.3 Å². The van der Waals surface area contributed by atoms with E-state index >= 15 is 0 Å². The zero-order valence-corrected chi connectivity index (χ0v) is 18.2. The van der Waals surface area contributed by atoms with Gasteiger partial charge in [0.05, 0.1) is 5.76 Å². The maximum absolute atomic E-state index is 12.8. The third-order valence-corrected chi connectivity index (χ3v) is 3.21. The molecule has 4 nitrogen and oxygen atoms in total. The predicted molar refractivity (Wildman–Crippen MR) is 98.1 cm³/mol. The number of carbonyl (C=O) groups is 1. The summed E-state index contributed by atoms with van der Waals surface area (Å²) in [5.41, 5.74) is 1.57. The van der Waals surface area contributed by atoms with E-state index in [-0.39, 0.29) is 32.6 Å². The number of ketones is 1. The fourth-order valence-corrected chi connectivity index (χ4v) is 2.23. The quantitative estimate of drug-likeness (QED) is 0.318. The van der Waals surface area contributed by atoms with Crippen molar-refractivity contribution in [2.75, 3.05) is 7.05 Å². The van der Waals surface area contributed by atoms with Crippen molar-refractivity contribution in [1.29, 1.82) is 0 Å². The minimum atomic E-state index is -4.40. The standard InChI is InChI=1S/C15H14F3N2.C5H8O2.Pt/c1-10-5-12(8-13(6-10)15(16,17)18)14-7-11(9-19-2)3-4-20-14;1-4(6)3-5(2)7;/h3-7,19H,9H2,1-2H3;3,6H,1-2H3;/q-1;;/b;4-3-;. The molecule has 2 aromatic rings. The van der Waals surface area contributed by atoms with Crippen molar-refractivity contribution >= 4 is 5.78 Å². The first-order chi connectivity index (χ1) is 12.5. The van der Waals surface area contributed by atoms with Crippen LogP contribution in [0, 0.1) is 13.0 Å². The van der Waals surface area contributed by atoms with Crippen molar-refractivity contribution in [1.82, 2.24) is 10.3 Å². The number of halogens is 3. The zero-order chi connectivity index (χ0) is 20.6. The molecule has 1 aromatic heterocycles. The van der Waals surface area contributed by atoms with Crippen molar-refractivity contribution in [3.05, 3.63) is 65.1 Å². The van der Waals surface area contributed by atoms with Gasteiger partial charge in [0.25, 0.3) is 0 Å². The van der Waals surface area contributed by atoms with Gasteiger partial charge in [-0.05, 0) is 43.8 Å². The summed E-state index contributed by atoms with van der Waals surface area (Å²) in [6.07, 6.45) is -1.64. The molecule has 0 saturated carbocycles. The molecule has 0 unspecified atom stereocenters. The SMILES string of the molecule is CC(=O)/C=C(/C)O.CNCc1ccnc(-c2[c-]c(C(F)(F)F)cc(C)c2)c1.[Pt]. The number of allylic oxidation sites excluding steroid dienone is 2. The van der Waals surface area contributed by atoms with Crippen LogP contribution in [0.4, 0.5) is 13.2 Å². The van der Waals surface area contributed by atoms with E-state index in [2.05, 4.69) is 16.4 Å². The van der Waals surface area contributed by atoms with Gasteiger partial charge in [-0.3, -0.25) is 4.79 Å². The van der Waals surface area contributed by atoms with Crippen LogP contribution in [0.5, 0.6) is 0 Å². The van der Waals surface area contributed by atoms with Crippen molar-refractivity contribution in [3.63, 3.8) is 0 Å². The molecule has 0 aliphatic rings. The molecule has 0 amide bonds. The monoisotopic (exact) mass is 574 g/mol. The number of rotatable bonds is 4. The Balaban J connectivity index is 0.000000786. The van der Waals surface area contributed by atoms with Crippen LogP contribution in [0.2, 0.25) is 0 Å². The number of hydrogen-bond donors (Lipinski definition) is 2. The summed E-state index contributed by atoms with van der Waals surface area (Å²) < 4.78 is 38.4. The fourth-order valence-electron chi connectivity index (χ4n) is 2.23. The van der Waals surface area contributed by atoms with Crippen LogP contribution >= 0.6 is 0 Å². The number of aryl methyl sites for hydroxylation is 1. The minimum Gasteiger partial charge on any atom is -0.512 e. The Hall–Kier alpha value is -1.98. The molecule has 0 spiro atoms. The van der Waals surface area contributed by atoms with Gasteiger partial charge in [0.15, 0.2) is 5.78 Å². The van der Waals surface area contributed by atoms with E-state index in [4.69, 9.17) is 5.11 Å². The molecule has 1 aromatic carbocycles. The molecule has 1 heterocycles. The Bertz CT molecular complexity index is 817. The Morgan fingerprint density at radius 3 is 2.39 bits per heavy atom. The first-order valence-corrected chi connectivity index (χ1v) is 8.11. The molecule has 0 bridgehead atoms. The predicted octanol–water partition coefficient (Wildman–Crippen LogP) is 4.63. The normalized spacial score (nSPS) is 11.2. The number of aliphatic hydroxyl groups excluding tert-OH is 1. The average Bonchev–Trinajstić information content (AvgIpc) is 2.53. The molecule has 0 saturated heterocycles. The smallest absolute Gasteiger partial charge is 0.399 e. The van der Waals surface area contributed by atoms with Crippen molar-refractivity contribution < 1.29 is 44.1 Å². The van der Waals surface area contributed by atoms with Crippen LogP contribution in [-0.4, -0.2) is 22.9 Å². The number of aromatic nitrogens is 1. The van der Waals surface area contributed by atoms with Crippen LogP contribution in [0.1, 0.15) is 30.5 Å². The maximum atomic E-state index is 12.8. The van der Waals surface area contributed by atoms with Gasteiger partial charge in [0.2, 0.25) is 0 Å². The second-order valence-electron chi connectivity index (χ2n) is 5.96. The third kappa shape index (κ3) is 9.29. The number of aliphatic hydroxyl groups is 1. The van der Waals surface area contributed by atoms with Crippen LogP contribution in [-0.2, 0) is 38.6 Å². The van der Waals surface area contributed by atoms with Crippen molar-refractivity contribution in [2.45, 2.75) is 33.5 Å². The number of hydrogen-bond acceptors (Lipinski definition) is 4. The first kappa shape index (κ1) is 26.0. The third-order valence-electron chi connectivity index (χ3n) is 3.21.